The molecule has 1 aromatic carbocycles. The van der Waals surface area contributed by atoms with Crippen molar-refractivity contribution in [3.63, 3.8) is 0 Å². The van der Waals surface area contributed by atoms with Crippen LogP contribution in [0.15, 0.2) is 30.5 Å². The van der Waals surface area contributed by atoms with Crippen molar-refractivity contribution in [3.8, 4) is 17.6 Å². The van der Waals surface area contributed by atoms with Crippen LogP contribution in [0.3, 0.4) is 0 Å². The van der Waals surface area contributed by atoms with Crippen molar-refractivity contribution in [2.45, 2.75) is 6.92 Å². The maximum Gasteiger partial charge on any atom is 0.341 e. The topological polar surface area (TPSA) is 83.2 Å². The fourth-order valence-electron chi connectivity index (χ4n) is 1.55. The Morgan fingerprint density at radius 3 is 2.75 bits per heavy atom. The molecule has 2 rings (SSSR count). The average molecular weight is 272 g/mol. The van der Waals surface area contributed by atoms with Crippen molar-refractivity contribution >= 4 is 5.97 Å². The minimum absolute atomic E-state index is 0.00592. The Bertz CT molecular complexity index is 723. The molecule has 0 aliphatic carbocycles. The van der Waals surface area contributed by atoms with Crippen LogP contribution < -0.4 is 4.74 Å². The van der Waals surface area contributed by atoms with Gasteiger partial charge in [0, 0.05) is 18.0 Å². The van der Waals surface area contributed by atoms with Crippen molar-refractivity contribution < 1.29 is 19.0 Å². The predicted octanol–water partition coefficient (Wildman–Crippen LogP) is 2.89. The van der Waals surface area contributed by atoms with Crippen LogP contribution in [0.25, 0.3) is 0 Å². The Morgan fingerprint density at radius 1 is 1.40 bits per heavy atom. The number of aromatic nitrogens is 1. The summed E-state index contributed by atoms with van der Waals surface area (Å²) < 4.78 is 19.0. The molecule has 0 bridgehead atoms. The van der Waals surface area contributed by atoms with Gasteiger partial charge in [0.05, 0.1) is 11.6 Å². The first-order valence-corrected chi connectivity index (χ1v) is 5.58. The summed E-state index contributed by atoms with van der Waals surface area (Å²) in [6.07, 6.45) is 1.15. The van der Waals surface area contributed by atoms with E-state index in [1.54, 1.807) is 13.0 Å². The van der Waals surface area contributed by atoms with Gasteiger partial charge in [-0.3, -0.25) is 4.98 Å². The van der Waals surface area contributed by atoms with E-state index < -0.39 is 11.8 Å². The van der Waals surface area contributed by atoms with E-state index in [0.717, 1.165) is 12.3 Å². The third-order valence-electron chi connectivity index (χ3n) is 2.51. The first kappa shape index (κ1) is 13.5. The number of carboxylic acids is 1. The quantitative estimate of drug-likeness (QED) is 0.928. The van der Waals surface area contributed by atoms with Crippen LogP contribution in [0.4, 0.5) is 4.39 Å². The highest BCUT2D eigenvalue weighted by atomic mass is 19.1. The highest BCUT2D eigenvalue weighted by Gasteiger charge is 2.15. The first-order valence-electron chi connectivity index (χ1n) is 5.58. The molecule has 1 N–H and O–H groups in total. The van der Waals surface area contributed by atoms with Gasteiger partial charge in [-0.1, -0.05) is 0 Å². The van der Waals surface area contributed by atoms with Crippen LogP contribution in [0.1, 0.15) is 21.6 Å². The number of aromatic carboxylic acids is 1. The number of hydrogen-bond donors (Lipinski definition) is 1. The molecule has 0 unspecified atom stereocenters. The second-order valence-corrected chi connectivity index (χ2v) is 3.99. The molecule has 1 heterocycles. The van der Waals surface area contributed by atoms with Gasteiger partial charge in [0.2, 0.25) is 0 Å². The van der Waals surface area contributed by atoms with Gasteiger partial charge in [-0.25, -0.2) is 9.18 Å². The van der Waals surface area contributed by atoms with Crippen molar-refractivity contribution in [3.05, 3.63) is 53.1 Å². The van der Waals surface area contributed by atoms with Gasteiger partial charge >= 0.3 is 5.97 Å². The Balaban J connectivity index is 2.42. The summed E-state index contributed by atoms with van der Waals surface area (Å²) in [5.41, 5.74) is 0.526. The molecule has 1 aromatic heterocycles. The number of ether oxygens (including phenoxy) is 1. The number of nitrogens with zero attached hydrogens (tertiary/aromatic N) is 2. The molecule has 0 amide bonds. The lowest BCUT2D eigenvalue weighted by molar-refractivity contribution is 0.0693. The molecule has 0 saturated heterocycles. The third-order valence-corrected chi connectivity index (χ3v) is 2.51. The normalized spacial score (nSPS) is 9.85. The van der Waals surface area contributed by atoms with Gasteiger partial charge in [0.25, 0.3) is 0 Å². The lowest BCUT2D eigenvalue weighted by Gasteiger charge is -2.10. The number of aryl methyl sites for hydroxylation is 1. The number of nitriles is 1. The van der Waals surface area contributed by atoms with Gasteiger partial charge in [-0.2, -0.15) is 5.26 Å². The summed E-state index contributed by atoms with van der Waals surface area (Å²) in [5, 5.41) is 17.7. The Kier molecular flexibility index (Phi) is 3.62. The zero-order valence-electron chi connectivity index (χ0n) is 10.4. The van der Waals surface area contributed by atoms with E-state index in [1.165, 1.54) is 18.2 Å². The minimum Gasteiger partial charge on any atom is -0.477 e. The van der Waals surface area contributed by atoms with Crippen LogP contribution in [-0.4, -0.2) is 16.1 Å². The summed E-state index contributed by atoms with van der Waals surface area (Å²) >= 11 is 0. The zero-order valence-corrected chi connectivity index (χ0v) is 10.4. The molecular weight excluding hydrogens is 263 g/mol. The molecule has 0 aliphatic rings. The van der Waals surface area contributed by atoms with E-state index in [9.17, 15) is 9.18 Å². The molecule has 0 spiro atoms. The summed E-state index contributed by atoms with van der Waals surface area (Å²) in [6, 6.07) is 6.87. The largest absolute Gasteiger partial charge is 0.477 e. The second-order valence-electron chi connectivity index (χ2n) is 3.99. The Labute approximate surface area is 113 Å². The average Bonchev–Trinajstić information content (AvgIpc) is 2.40. The van der Waals surface area contributed by atoms with Gasteiger partial charge in [-0.15, -0.1) is 0 Å². The Hall–Kier alpha value is -2.94. The van der Waals surface area contributed by atoms with Crippen LogP contribution in [0.5, 0.6) is 11.5 Å². The highest BCUT2D eigenvalue weighted by Crippen LogP contribution is 2.28. The SMILES string of the molecule is Cc1cc(Oc2ccc(C#N)cc2F)c(C(=O)O)cn1. The number of carbonyl (C=O) groups is 1. The van der Waals surface area contributed by atoms with Gasteiger partial charge in [0.1, 0.15) is 11.3 Å². The summed E-state index contributed by atoms with van der Waals surface area (Å²) in [7, 11) is 0. The third kappa shape index (κ3) is 2.72. The van der Waals surface area contributed by atoms with Crippen molar-refractivity contribution in [1.29, 1.82) is 5.26 Å². The zero-order chi connectivity index (χ0) is 14.7. The van der Waals surface area contributed by atoms with E-state index in [0.29, 0.717) is 5.69 Å². The first-order chi connectivity index (χ1) is 9.51. The molecule has 100 valence electrons. The van der Waals surface area contributed by atoms with E-state index in [-0.39, 0.29) is 22.6 Å². The maximum atomic E-state index is 13.7. The molecule has 0 saturated carbocycles. The molecule has 0 atom stereocenters. The van der Waals surface area contributed by atoms with Crippen LogP contribution in [0.2, 0.25) is 0 Å². The number of hydrogen-bond acceptors (Lipinski definition) is 4. The molecule has 2 aromatic rings. The molecule has 0 radical (unpaired) electrons. The summed E-state index contributed by atoms with van der Waals surface area (Å²) in [4.78, 5) is 14.9. The monoisotopic (exact) mass is 272 g/mol. The summed E-state index contributed by atoms with van der Waals surface area (Å²) in [5.74, 6) is -2.12. The fourth-order valence-corrected chi connectivity index (χ4v) is 1.55. The number of benzene rings is 1. The standard InChI is InChI=1S/C14H9FN2O3/c1-8-4-13(10(7-17-8)14(18)19)20-12-3-2-9(6-16)5-11(12)15/h2-5,7H,1H3,(H,18,19). The highest BCUT2D eigenvalue weighted by molar-refractivity contribution is 5.90. The maximum absolute atomic E-state index is 13.7. The number of rotatable bonds is 3. The van der Waals surface area contributed by atoms with Crippen LogP contribution in [-0.2, 0) is 0 Å². The van der Waals surface area contributed by atoms with E-state index in [4.69, 9.17) is 15.1 Å². The van der Waals surface area contributed by atoms with Crippen LogP contribution in [0, 0.1) is 24.1 Å². The van der Waals surface area contributed by atoms with E-state index in [2.05, 4.69) is 4.98 Å². The molecule has 6 heteroatoms. The Morgan fingerprint density at radius 2 is 2.15 bits per heavy atom. The number of carboxylic acid groups (broad SMARTS) is 1. The molecule has 0 fully saturated rings. The predicted molar refractivity (Wildman–Crippen MR) is 67.1 cm³/mol. The van der Waals surface area contributed by atoms with Crippen molar-refractivity contribution in [2.24, 2.45) is 0 Å². The van der Waals surface area contributed by atoms with Crippen molar-refractivity contribution in [1.82, 2.24) is 4.98 Å². The molecular formula is C14H9FN2O3. The molecule has 5 nitrogen and oxygen atoms in total. The van der Waals surface area contributed by atoms with E-state index in [1.807, 2.05) is 0 Å². The fraction of sp³-hybridized carbons (Fsp3) is 0.0714. The molecule has 20 heavy (non-hydrogen) atoms. The number of pyridine rings is 1. The lowest BCUT2D eigenvalue weighted by atomic mass is 10.2. The van der Waals surface area contributed by atoms with Gasteiger partial charge in [0.15, 0.2) is 11.6 Å². The van der Waals surface area contributed by atoms with Gasteiger partial charge in [-0.05, 0) is 25.1 Å². The summed E-state index contributed by atoms with van der Waals surface area (Å²) in [6.45, 7) is 1.66. The smallest absolute Gasteiger partial charge is 0.341 e. The number of halogens is 1. The van der Waals surface area contributed by atoms with E-state index >= 15 is 0 Å². The lowest BCUT2D eigenvalue weighted by Crippen LogP contribution is -2.02. The van der Waals surface area contributed by atoms with Crippen LogP contribution >= 0.6 is 0 Å². The van der Waals surface area contributed by atoms with Gasteiger partial charge < -0.3 is 9.84 Å². The molecule has 0 aliphatic heterocycles. The minimum atomic E-state index is -1.22. The second kappa shape index (κ2) is 5.36. The van der Waals surface area contributed by atoms with Crippen molar-refractivity contribution in [2.75, 3.05) is 0 Å².